The smallest absolute Gasteiger partial charge is 0.275 e. The first-order chi connectivity index (χ1) is 8.02. The van der Waals surface area contributed by atoms with Crippen molar-refractivity contribution in [1.82, 2.24) is 0 Å². The number of hydrogen-bond acceptors (Lipinski definition) is 4. The van der Waals surface area contributed by atoms with E-state index in [2.05, 4.69) is 0 Å². The molecule has 0 amide bonds. The summed E-state index contributed by atoms with van der Waals surface area (Å²) in [6.45, 7) is 1.35. The zero-order valence-corrected chi connectivity index (χ0v) is 9.46. The number of nitrogens with zero attached hydrogens (tertiary/aromatic N) is 1. The summed E-state index contributed by atoms with van der Waals surface area (Å²) >= 11 is 0. The van der Waals surface area contributed by atoms with E-state index in [1.807, 2.05) is 0 Å². The third-order valence-electron chi connectivity index (χ3n) is 2.39. The van der Waals surface area contributed by atoms with Crippen LogP contribution in [0, 0.1) is 10.1 Å². The molecule has 1 aromatic carbocycles. The predicted octanol–water partition coefficient (Wildman–Crippen LogP) is 1.88. The van der Waals surface area contributed by atoms with Gasteiger partial charge in [0.25, 0.3) is 6.04 Å². The highest BCUT2D eigenvalue weighted by atomic mass is 16.6. The van der Waals surface area contributed by atoms with Gasteiger partial charge in [-0.3, -0.25) is 14.9 Å². The molecule has 0 fully saturated rings. The second-order valence-corrected chi connectivity index (χ2v) is 3.77. The van der Waals surface area contributed by atoms with Crippen molar-refractivity contribution in [2.24, 2.45) is 0 Å². The normalized spacial score (nSPS) is 11.8. The quantitative estimate of drug-likeness (QED) is 0.428. The molecule has 0 aliphatic carbocycles. The largest absolute Gasteiger partial charge is 0.300 e. The average Bonchev–Trinajstić information content (AvgIpc) is 2.29. The lowest BCUT2D eigenvalue weighted by atomic mass is 10.00. The Kier molecular flexibility index (Phi) is 4.51. The first-order valence-corrected chi connectivity index (χ1v) is 5.24. The summed E-state index contributed by atoms with van der Waals surface area (Å²) in [7, 11) is 0. The Morgan fingerprint density at radius 2 is 1.88 bits per heavy atom. The summed E-state index contributed by atoms with van der Waals surface area (Å²) in [5.41, 5.74) is 0.303. The molecule has 5 heteroatoms. The van der Waals surface area contributed by atoms with Gasteiger partial charge in [0.1, 0.15) is 5.78 Å². The Hall–Kier alpha value is -2.04. The molecule has 0 heterocycles. The van der Waals surface area contributed by atoms with Crippen molar-refractivity contribution < 1.29 is 14.5 Å². The lowest BCUT2D eigenvalue weighted by Gasteiger charge is -2.07. The van der Waals surface area contributed by atoms with Gasteiger partial charge in [-0.05, 0) is 6.92 Å². The zero-order chi connectivity index (χ0) is 12.8. The number of Topliss-reactive ketones (excluding diaryl/α,β-unsaturated/α-hetero) is 2. The zero-order valence-electron chi connectivity index (χ0n) is 9.46. The minimum Gasteiger partial charge on any atom is -0.300 e. The molecule has 0 radical (unpaired) electrons. The van der Waals surface area contributed by atoms with E-state index in [1.165, 1.54) is 19.1 Å². The summed E-state index contributed by atoms with van der Waals surface area (Å²) in [6.07, 6.45) is 0.000279. The van der Waals surface area contributed by atoms with Gasteiger partial charge in [-0.15, -0.1) is 0 Å². The van der Waals surface area contributed by atoms with Crippen LogP contribution in [0.3, 0.4) is 0 Å². The molecule has 0 saturated carbocycles. The molecular weight excluding hydrogens is 222 g/mol. The van der Waals surface area contributed by atoms with Crippen molar-refractivity contribution in [1.29, 1.82) is 0 Å². The summed E-state index contributed by atoms with van der Waals surface area (Å²) in [5, 5.41) is 10.8. The van der Waals surface area contributed by atoms with Gasteiger partial charge in [0, 0.05) is 23.3 Å². The van der Waals surface area contributed by atoms with Gasteiger partial charge < -0.3 is 4.79 Å². The molecule has 1 rings (SSSR count). The van der Waals surface area contributed by atoms with Crippen molar-refractivity contribution in [3.8, 4) is 0 Å². The fourth-order valence-corrected chi connectivity index (χ4v) is 1.47. The van der Waals surface area contributed by atoms with Gasteiger partial charge in [0.05, 0.1) is 0 Å². The van der Waals surface area contributed by atoms with Crippen LogP contribution in [0.1, 0.15) is 30.1 Å². The van der Waals surface area contributed by atoms with Crippen LogP contribution in [0.25, 0.3) is 0 Å². The molecule has 0 bridgehead atoms. The molecule has 90 valence electrons. The Bertz CT molecular complexity index is 427. The van der Waals surface area contributed by atoms with Crippen molar-refractivity contribution in [3.63, 3.8) is 0 Å². The number of benzene rings is 1. The molecule has 5 nitrogen and oxygen atoms in total. The molecule has 1 atom stereocenters. The van der Waals surface area contributed by atoms with E-state index in [0.717, 1.165) is 0 Å². The number of hydrogen-bond donors (Lipinski definition) is 0. The van der Waals surface area contributed by atoms with Crippen LogP contribution in [-0.4, -0.2) is 22.5 Å². The Balaban J connectivity index is 2.81. The highest BCUT2D eigenvalue weighted by molar-refractivity contribution is 5.99. The van der Waals surface area contributed by atoms with E-state index in [9.17, 15) is 19.7 Å². The van der Waals surface area contributed by atoms with Gasteiger partial charge in [-0.1, -0.05) is 30.3 Å². The standard InChI is InChI=1S/C12H13NO4/c1-9(14)7-8-11(13(16)17)12(15)10-5-3-2-4-6-10/h2-6,11H,7-8H2,1H3. The van der Waals surface area contributed by atoms with Crippen molar-refractivity contribution in [3.05, 3.63) is 46.0 Å². The van der Waals surface area contributed by atoms with Gasteiger partial charge in [0.2, 0.25) is 5.78 Å². The first kappa shape index (κ1) is 13.0. The minimum atomic E-state index is -1.33. The van der Waals surface area contributed by atoms with Crippen molar-refractivity contribution in [2.75, 3.05) is 0 Å². The molecule has 0 aliphatic heterocycles. The Morgan fingerprint density at radius 3 is 2.35 bits per heavy atom. The van der Waals surface area contributed by atoms with E-state index in [0.29, 0.717) is 5.56 Å². The van der Waals surface area contributed by atoms with Gasteiger partial charge >= 0.3 is 0 Å². The van der Waals surface area contributed by atoms with E-state index >= 15 is 0 Å². The van der Waals surface area contributed by atoms with Crippen LogP contribution in [0.2, 0.25) is 0 Å². The van der Waals surface area contributed by atoms with Crippen molar-refractivity contribution in [2.45, 2.75) is 25.8 Å². The minimum absolute atomic E-state index is 0.0456. The molecule has 0 N–H and O–H groups in total. The predicted molar refractivity (Wildman–Crippen MR) is 61.5 cm³/mol. The van der Waals surface area contributed by atoms with Crippen LogP contribution < -0.4 is 0 Å². The van der Waals surface area contributed by atoms with Crippen LogP contribution >= 0.6 is 0 Å². The number of ketones is 2. The second kappa shape index (κ2) is 5.89. The maximum absolute atomic E-state index is 11.8. The monoisotopic (exact) mass is 235 g/mol. The summed E-state index contributed by atoms with van der Waals surface area (Å²) in [5.74, 6) is -0.699. The van der Waals surface area contributed by atoms with E-state index in [-0.39, 0.29) is 18.6 Å². The average molecular weight is 235 g/mol. The fraction of sp³-hybridized carbons (Fsp3) is 0.333. The van der Waals surface area contributed by atoms with E-state index < -0.39 is 16.7 Å². The highest BCUT2D eigenvalue weighted by Crippen LogP contribution is 2.11. The lowest BCUT2D eigenvalue weighted by Crippen LogP contribution is -2.30. The van der Waals surface area contributed by atoms with Crippen LogP contribution in [0.15, 0.2) is 30.3 Å². The fourth-order valence-electron chi connectivity index (χ4n) is 1.47. The van der Waals surface area contributed by atoms with Crippen molar-refractivity contribution >= 4 is 11.6 Å². The Labute approximate surface area is 98.6 Å². The molecule has 0 aromatic heterocycles. The molecular formula is C12H13NO4. The maximum atomic E-state index is 11.8. The number of carbonyl (C=O) groups is 2. The highest BCUT2D eigenvalue weighted by Gasteiger charge is 2.30. The molecule has 0 spiro atoms. The number of carbonyl (C=O) groups excluding carboxylic acids is 2. The van der Waals surface area contributed by atoms with E-state index in [4.69, 9.17) is 0 Å². The van der Waals surface area contributed by atoms with Crippen LogP contribution in [0.4, 0.5) is 0 Å². The summed E-state index contributed by atoms with van der Waals surface area (Å²) in [6, 6.07) is 6.76. The maximum Gasteiger partial charge on any atom is 0.275 e. The van der Waals surface area contributed by atoms with Crippen LogP contribution in [-0.2, 0) is 4.79 Å². The molecule has 17 heavy (non-hydrogen) atoms. The third-order valence-corrected chi connectivity index (χ3v) is 2.39. The second-order valence-electron chi connectivity index (χ2n) is 3.77. The summed E-state index contributed by atoms with van der Waals surface area (Å²) in [4.78, 5) is 32.8. The lowest BCUT2D eigenvalue weighted by molar-refractivity contribution is -0.505. The topological polar surface area (TPSA) is 77.3 Å². The van der Waals surface area contributed by atoms with E-state index in [1.54, 1.807) is 18.2 Å². The summed E-state index contributed by atoms with van der Waals surface area (Å²) < 4.78 is 0. The number of nitro groups is 1. The van der Waals surface area contributed by atoms with Gasteiger partial charge in [-0.25, -0.2) is 0 Å². The van der Waals surface area contributed by atoms with Crippen LogP contribution in [0.5, 0.6) is 0 Å². The third kappa shape index (κ3) is 3.79. The SMILES string of the molecule is CC(=O)CCC(C(=O)c1ccccc1)[N+](=O)[O-]. The number of rotatable bonds is 6. The van der Waals surface area contributed by atoms with Gasteiger partial charge in [0.15, 0.2) is 0 Å². The molecule has 1 aromatic rings. The molecule has 0 saturated heterocycles. The molecule has 1 unspecified atom stereocenters. The van der Waals surface area contributed by atoms with Gasteiger partial charge in [-0.2, -0.15) is 0 Å². The molecule has 0 aliphatic rings. The first-order valence-electron chi connectivity index (χ1n) is 5.24. The Morgan fingerprint density at radius 1 is 1.29 bits per heavy atom.